The highest BCUT2D eigenvalue weighted by Crippen LogP contribution is 2.66. The molecule has 0 aromatic rings. The SMILES string of the molecule is CC.CC(C)OCC1(CN2CCC3(CC2)CC3(F)F)CC1.CC(C)O[C@@H](C)[C@@H]1CCC[C@@H]1N(C)C. The number of rotatable bonds is 9. The summed E-state index contributed by atoms with van der Waals surface area (Å²) in [7, 11) is 4.37. The van der Waals surface area contributed by atoms with E-state index in [0.717, 1.165) is 38.2 Å². The molecule has 1 heterocycles. The maximum absolute atomic E-state index is 13.3. The average molecular weight is 503 g/mol. The number of ether oxygens (including phenoxy) is 2. The van der Waals surface area contributed by atoms with E-state index in [2.05, 4.69) is 58.5 Å². The summed E-state index contributed by atoms with van der Waals surface area (Å²) >= 11 is 0. The fourth-order valence-electron chi connectivity index (χ4n) is 6.09. The quantitative estimate of drug-likeness (QED) is 0.343. The van der Waals surface area contributed by atoms with Crippen LogP contribution in [0.2, 0.25) is 0 Å². The number of hydrogen-bond donors (Lipinski definition) is 0. The molecule has 0 aromatic heterocycles. The molecular weight excluding hydrogens is 446 g/mol. The second-order valence-corrected chi connectivity index (χ2v) is 12.3. The summed E-state index contributed by atoms with van der Waals surface area (Å²) in [5, 5.41) is 0. The maximum atomic E-state index is 13.3. The van der Waals surface area contributed by atoms with Crippen LogP contribution in [-0.2, 0) is 9.47 Å². The Labute approximate surface area is 215 Å². The van der Waals surface area contributed by atoms with E-state index in [1.54, 1.807) is 0 Å². The fourth-order valence-corrected chi connectivity index (χ4v) is 6.09. The Balaban J connectivity index is 0.000000241. The molecule has 4 aliphatic rings. The smallest absolute Gasteiger partial charge is 0.254 e. The van der Waals surface area contributed by atoms with Gasteiger partial charge in [-0.2, -0.15) is 0 Å². The third kappa shape index (κ3) is 8.61. The van der Waals surface area contributed by atoms with Crippen LogP contribution in [0.25, 0.3) is 0 Å². The van der Waals surface area contributed by atoms with Gasteiger partial charge in [-0.15, -0.1) is 0 Å². The molecule has 1 spiro atoms. The van der Waals surface area contributed by atoms with Gasteiger partial charge in [-0.05, 0) is 100 Å². The van der Waals surface area contributed by atoms with Crippen molar-refractivity contribution in [2.24, 2.45) is 16.7 Å². The van der Waals surface area contributed by atoms with Crippen molar-refractivity contribution in [2.45, 2.75) is 130 Å². The zero-order valence-electron chi connectivity index (χ0n) is 24.3. The minimum absolute atomic E-state index is 0.134. The molecular formula is C29H56F2N2O2. The van der Waals surface area contributed by atoms with E-state index in [1.165, 1.54) is 32.1 Å². The summed E-state index contributed by atoms with van der Waals surface area (Å²) in [5.74, 6) is -1.63. The van der Waals surface area contributed by atoms with Gasteiger partial charge in [0.2, 0.25) is 0 Å². The molecule has 3 aliphatic carbocycles. The molecule has 0 N–H and O–H groups in total. The highest BCUT2D eigenvalue weighted by atomic mass is 19.3. The van der Waals surface area contributed by atoms with E-state index < -0.39 is 11.3 Å². The van der Waals surface area contributed by atoms with Crippen LogP contribution in [0.1, 0.15) is 99.8 Å². The highest BCUT2D eigenvalue weighted by molar-refractivity contribution is 5.12. The highest BCUT2D eigenvalue weighted by Gasteiger charge is 2.70. The Bertz CT molecular complexity index is 614. The van der Waals surface area contributed by atoms with Gasteiger partial charge in [0.15, 0.2) is 0 Å². The van der Waals surface area contributed by atoms with Crippen LogP contribution in [0.4, 0.5) is 8.78 Å². The first-order valence-corrected chi connectivity index (χ1v) is 14.4. The minimum atomic E-state index is -2.36. The third-order valence-corrected chi connectivity index (χ3v) is 8.55. The first-order valence-electron chi connectivity index (χ1n) is 14.4. The lowest BCUT2D eigenvalue weighted by molar-refractivity contribution is -0.0286. The Morgan fingerprint density at radius 2 is 1.49 bits per heavy atom. The molecule has 3 saturated carbocycles. The number of alkyl halides is 2. The van der Waals surface area contributed by atoms with E-state index >= 15 is 0 Å². The van der Waals surface area contributed by atoms with Crippen LogP contribution in [0.15, 0.2) is 0 Å². The molecule has 4 rings (SSSR count). The summed E-state index contributed by atoms with van der Waals surface area (Å²) in [6, 6.07) is 0.726. The number of piperidine rings is 1. The Hall–Kier alpha value is -0.300. The van der Waals surface area contributed by atoms with Crippen LogP contribution in [0.3, 0.4) is 0 Å². The van der Waals surface area contributed by atoms with Gasteiger partial charge < -0.3 is 19.3 Å². The number of nitrogens with zero attached hydrogens (tertiary/aromatic N) is 2. The van der Waals surface area contributed by atoms with E-state index in [1.807, 2.05) is 13.8 Å². The maximum Gasteiger partial charge on any atom is 0.254 e. The molecule has 0 amide bonds. The van der Waals surface area contributed by atoms with Crippen molar-refractivity contribution in [2.75, 3.05) is 40.3 Å². The standard InChI is InChI=1S/C15H25F2NO.C12H25NO.C2H6/c1-12(2)19-11-13(3-4-13)10-18-7-5-14(6-8-18)9-15(14,16)17;1-9(2)14-10(3)11-7-6-8-12(11)13(4)5;1-2/h12H,3-11H2,1-2H3;9-12H,6-8H2,1-5H3;1-2H3/t;10-,11-,12-;/m.0./s1. The predicted molar refractivity (Wildman–Crippen MR) is 142 cm³/mol. The lowest BCUT2D eigenvalue weighted by Gasteiger charge is -2.34. The van der Waals surface area contributed by atoms with Gasteiger partial charge in [0.25, 0.3) is 5.92 Å². The van der Waals surface area contributed by atoms with Gasteiger partial charge in [-0.3, -0.25) is 0 Å². The Morgan fingerprint density at radius 3 is 1.91 bits per heavy atom. The van der Waals surface area contributed by atoms with Crippen LogP contribution in [0, 0.1) is 16.7 Å². The van der Waals surface area contributed by atoms with Gasteiger partial charge in [0.1, 0.15) is 0 Å². The summed E-state index contributed by atoms with van der Waals surface area (Å²) in [5.41, 5.74) is -0.282. The largest absolute Gasteiger partial charge is 0.378 e. The van der Waals surface area contributed by atoms with Crippen molar-refractivity contribution in [3.63, 3.8) is 0 Å². The van der Waals surface area contributed by atoms with Crippen molar-refractivity contribution in [1.29, 1.82) is 0 Å². The average Bonchev–Trinajstić information content (AvgIpc) is 3.56. The molecule has 0 unspecified atom stereocenters. The van der Waals surface area contributed by atoms with E-state index in [4.69, 9.17) is 9.47 Å². The Kier molecular flexibility index (Phi) is 11.5. The zero-order valence-corrected chi connectivity index (χ0v) is 24.3. The summed E-state index contributed by atoms with van der Waals surface area (Å²) in [4.78, 5) is 4.74. The van der Waals surface area contributed by atoms with Crippen LogP contribution in [-0.4, -0.2) is 80.4 Å². The van der Waals surface area contributed by atoms with Crippen molar-refractivity contribution in [3.8, 4) is 0 Å². The van der Waals surface area contributed by atoms with E-state index in [9.17, 15) is 8.78 Å². The second-order valence-electron chi connectivity index (χ2n) is 12.3. The third-order valence-electron chi connectivity index (χ3n) is 8.55. The van der Waals surface area contributed by atoms with Crippen molar-refractivity contribution in [3.05, 3.63) is 0 Å². The summed E-state index contributed by atoms with van der Waals surface area (Å²) in [6.07, 6.45) is 9.04. The zero-order chi connectivity index (χ0) is 26.4. The van der Waals surface area contributed by atoms with Crippen molar-refractivity contribution < 1.29 is 18.3 Å². The topological polar surface area (TPSA) is 24.9 Å². The monoisotopic (exact) mass is 502 g/mol. The molecule has 4 nitrogen and oxygen atoms in total. The van der Waals surface area contributed by atoms with Gasteiger partial charge in [0.05, 0.1) is 24.9 Å². The normalized spacial score (nSPS) is 29.0. The van der Waals surface area contributed by atoms with Gasteiger partial charge in [-0.25, -0.2) is 8.78 Å². The lowest BCUT2D eigenvalue weighted by Crippen LogP contribution is -2.41. The summed E-state index contributed by atoms with van der Waals surface area (Å²) in [6.45, 7) is 18.2. The van der Waals surface area contributed by atoms with Gasteiger partial charge >= 0.3 is 0 Å². The number of halogens is 2. The molecule has 1 saturated heterocycles. The molecule has 4 fully saturated rings. The van der Waals surface area contributed by atoms with Crippen molar-refractivity contribution >= 4 is 0 Å². The first kappa shape index (κ1) is 30.9. The lowest BCUT2D eigenvalue weighted by atomic mass is 9.92. The summed E-state index contributed by atoms with van der Waals surface area (Å²) < 4.78 is 38.3. The van der Waals surface area contributed by atoms with Crippen LogP contribution >= 0.6 is 0 Å². The van der Waals surface area contributed by atoms with E-state index in [-0.39, 0.29) is 12.5 Å². The molecule has 208 valence electrons. The predicted octanol–water partition coefficient (Wildman–Crippen LogP) is 6.87. The molecule has 6 heteroatoms. The molecule has 0 aromatic carbocycles. The molecule has 35 heavy (non-hydrogen) atoms. The molecule has 0 radical (unpaired) electrons. The Morgan fingerprint density at radius 1 is 0.914 bits per heavy atom. The minimum Gasteiger partial charge on any atom is -0.378 e. The second kappa shape index (κ2) is 13.0. The van der Waals surface area contributed by atoms with Gasteiger partial charge in [0, 0.05) is 35.8 Å². The molecule has 3 atom stereocenters. The van der Waals surface area contributed by atoms with Crippen LogP contribution < -0.4 is 0 Å². The van der Waals surface area contributed by atoms with Crippen molar-refractivity contribution in [1.82, 2.24) is 9.80 Å². The number of likely N-dealkylation sites (tertiary alicyclic amines) is 1. The van der Waals surface area contributed by atoms with E-state index in [0.29, 0.717) is 30.5 Å². The first-order chi connectivity index (χ1) is 16.4. The molecule has 0 bridgehead atoms. The van der Waals surface area contributed by atoms with Crippen LogP contribution in [0.5, 0.6) is 0 Å². The molecule has 1 aliphatic heterocycles. The fraction of sp³-hybridized carbons (Fsp3) is 1.00. The van der Waals surface area contributed by atoms with Gasteiger partial charge in [-0.1, -0.05) is 20.3 Å². The number of hydrogen-bond acceptors (Lipinski definition) is 4.